The van der Waals surface area contributed by atoms with Gasteiger partial charge in [-0.1, -0.05) is 56.3 Å². The molecule has 1 aliphatic heterocycles. The average Bonchev–Trinajstić information content (AvgIpc) is 3.17. The predicted octanol–water partition coefficient (Wildman–Crippen LogP) is 5.35. The molecule has 1 heterocycles. The molecule has 6 nitrogen and oxygen atoms in total. The Morgan fingerprint density at radius 3 is 2.09 bits per heavy atom. The third kappa shape index (κ3) is 4.83. The quantitative estimate of drug-likeness (QED) is 0.437. The second kappa shape index (κ2) is 10.1. The largest absolute Gasteiger partial charge is 0.497 e. The fourth-order valence-corrected chi connectivity index (χ4v) is 4.47. The molecule has 3 aromatic rings. The molecule has 3 amide bonds. The summed E-state index contributed by atoms with van der Waals surface area (Å²) in [5.41, 5.74) is 2.96. The maximum absolute atomic E-state index is 13.8. The van der Waals surface area contributed by atoms with Crippen molar-refractivity contribution in [3.8, 4) is 5.75 Å². The summed E-state index contributed by atoms with van der Waals surface area (Å²) in [4.78, 5) is 43.2. The normalized spacial score (nSPS) is 16.5. The molecule has 2 unspecified atom stereocenters. The van der Waals surface area contributed by atoms with Gasteiger partial charge in [0.05, 0.1) is 25.3 Å². The van der Waals surface area contributed by atoms with Crippen LogP contribution in [-0.4, -0.2) is 35.8 Å². The maximum atomic E-state index is 13.8. The lowest BCUT2D eigenvalue weighted by Crippen LogP contribution is -2.46. The molecule has 35 heavy (non-hydrogen) atoms. The third-order valence-corrected chi connectivity index (χ3v) is 6.55. The number of ether oxygens (including phenoxy) is 1. The van der Waals surface area contributed by atoms with Gasteiger partial charge < -0.3 is 9.64 Å². The lowest BCUT2D eigenvalue weighted by molar-refractivity contribution is -0.122. The van der Waals surface area contributed by atoms with Crippen LogP contribution >= 0.6 is 0 Å². The zero-order valence-corrected chi connectivity index (χ0v) is 20.5. The van der Waals surface area contributed by atoms with Gasteiger partial charge in [-0.3, -0.25) is 14.4 Å². The van der Waals surface area contributed by atoms with Gasteiger partial charge in [0.1, 0.15) is 11.8 Å². The Hall–Kier alpha value is -3.93. The van der Waals surface area contributed by atoms with Crippen LogP contribution in [0.15, 0.2) is 78.9 Å². The smallest absolute Gasteiger partial charge is 0.257 e. The number of rotatable bonds is 7. The summed E-state index contributed by atoms with van der Waals surface area (Å²) in [5.74, 6) is -0.0485. The molecule has 4 rings (SSSR count). The number of hydrogen-bond donors (Lipinski definition) is 0. The first kappa shape index (κ1) is 24.2. The van der Waals surface area contributed by atoms with Crippen LogP contribution in [0.2, 0.25) is 0 Å². The van der Waals surface area contributed by atoms with E-state index >= 15 is 0 Å². The predicted molar refractivity (Wildman–Crippen MR) is 135 cm³/mol. The van der Waals surface area contributed by atoms with Crippen LogP contribution in [0.25, 0.3) is 0 Å². The summed E-state index contributed by atoms with van der Waals surface area (Å²) in [6, 6.07) is 22.4. The van der Waals surface area contributed by atoms with Crippen LogP contribution in [0.1, 0.15) is 60.6 Å². The molecule has 3 aromatic carbocycles. The molecule has 0 aliphatic carbocycles. The summed E-state index contributed by atoms with van der Waals surface area (Å²) in [7, 11) is 1.56. The molecular formula is C29H30N2O4. The minimum atomic E-state index is -0.905. The number of carbonyl (C=O) groups excluding carboxylic acids is 3. The van der Waals surface area contributed by atoms with Crippen molar-refractivity contribution in [2.24, 2.45) is 0 Å². The van der Waals surface area contributed by atoms with Gasteiger partial charge in [0.2, 0.25) is 5.91 Å². The Balaban J connectivity index is 1.70. The zero-order valence-electron chi connectivity index (χ0n) is 20.5. The van der Waals surface area contributed by atoms with Crippen molar-refractivity contribution in [2.45, 2.75) is 45.2 Å². The molecule has 180 valence electrons. The minimum Gasteiger partial charge on any atom is -0.497 e. The van der Waals surface area contributed by atoms with Crippen molar-refractivity contribution in [2.75, 3.05) is 12.0 Å². The number of methoxy groups -OCH3 is 1. The van der Waals surface area contributed by atoms with Gasteiger partial charge in [0.15, 0.2) is 0 Å². The number of imide groups is 1. The van der Waals surface area contributed by atoms with E-state index in [0.717, 1.165) is 11.1 Å². The highest BCUT2D eigenvalue weighted by Crippen LogP contribution is 2.33. The first-order valence-electron chi connectivity index (χ1n) is 11.8. The molecular weight excluding hydrogens is 440 g/mol. The molecule has 1 aliphatic rings. The van der Waals surface area contributed by atoms with E-state index in [1.807, 2.05) is 49.4 Å². The summed E-state index contributed by atoms with van der Waals surface area (Å²) in [5, 5.41) is 0. The molecule has 0 spiro atoms. The third-order valence-electron chi connectivity index (χ3n) is 6.55. The van der Waals surface area contributed by atoms with Crippen LogP contribution in [0.4, 0.5) is 5.69 Å². The topological polar surface area (TPSA) is 66.9 Å². The maximum Gasteiger partial charge on any atom is 0.257 e. The number of nitrogens with zero attached hydrogens (tertiary/aromatic N) is 2. The second-order valence-corrected chi connectivity index (χ2v) is 9.06. The van der Waals surface area contributed by atoms with Crippen LogP contribution in [-0.2, 0) is 9.59 Å². The molecule has 0 saturated carbocycles. The van der Waals surface area contributed by atoms with Gasteiger partial charge in [0, 0.05) is 5.56 Å². The van der Waals surface area contributed by atoms with E-state index in [9.17, 15) is 14.4 Å². The van der Waals surface area contributed by atoms with E-state index in [1.165, 1.54) is 4.90 Å². The summed E-state index contributed by atoms with van der Waals surface area (Å²) in [6.45, 7) is 6.06. The number of hydrogen-bond acceptors (Lipinski definition) is 4. The van der Waals surface area contributed by atoms with Crippen molar-refractivity contribution in [3.63, 3.8) is 0 Å². The highest BCUT2D eigenvalue weighted by atomic mass is 16.5. The van der Waals surface area contributed by atoms with Crippen molar-refractivity contribution in [1.29, 1.82) is 0 Å². The zero-order chi connectivity index (χ0) is 25.1. The first-order valence-corrected chi connectivity index (χ1v) is 11.8. The van der Waals surface area contributed by atoms with Crippen molar-refractivity contribution in [3.05, 3.63) is 95.6 Å². The average molecular weight is 471 g/mol. The van der Waals surface area contributed by atoms with Crippen molar-refractivity contribution in [1.82, 2.24) is 4.90 Å². The molecule has 0 bridgehead atoms. The summed E-state index contributed by atoms with van der Waals surface area (Å²) in [6.07, 6.45) is -0.0656. The Bertz CT molecular complexity index is 1200. The van der Waals surface area contributed by atoms with Gasteiger partial charge in [-0.2, -0.15) is 0 Å². The van der Waals surface area contributed by atoms with Crippen LogP contribution in [0.5, 0.6) is 5.75 Å². The fourth-order valence-electron chi connectivity index (χ4n) is 4.47. The second-order valence-electron chi connectivity index (χ2n) is 9.06. The van der Waals surface area contributed by atoms with Gasteiger partial charge in [-0.15, -0.1) is 0 Å². The van der Waals surface area contributed by atoms with E-state index in [2.05, 4.69) is 13.8 Å². The lowest BCUT2D eigenvalue weighted by Gasteiger charge is -2.33. The van der Waals surface area contributed by atoms with E-state index in [1.54, 1.807) is 48.4 Å². The highest BCUT2D eigenvalue weighted by Gasteiger charge is 2.46. The SMILES string of the molecule is COc1ccc(C(=O)N(C2CC(=O)N(c3ccc(C(C)C)cc3)C2=O)C(C)c2ccccc2)cc1. The Kier molecular flexibility index (Phi) is 7.01. The number of benzene rings is 3. The van der Waals surface area contributed by atoms with Crippen molar-refractivity contribution >= 4 is 23.4 Å². The lowest BCUT2D eigenvalue weighted by atomic mass is 10.0. The standard InChI is InChI=1S/C29H30N2O4/c1-19(2)21-10-14-24(15-11-21)31-27(32)18-26(29(31)34)30(20(3)22-8-6-5-7-9-22)28(33)23-12-16-25(35-4)17-13-23/h5-17,19-20,26H,18H2,1-4H3. The summed E-state index contributed by atoms with van der Waals surface area (Å²) >= 11 is 0. The van der Waals surface area contributed by atoms with Crippen LogP contribution in [0, 0.1) is 0 Å². The van der Waals surface area contributed by atoms with E-state index in [-0.39, 0.29) is 18.2 Å². The van der Waals surface area contributed by atoms with Gasteiger partial charge in [-0.05, 0) is 60.4 Å². The highest BCUT2D eigenvalue weighted by molar-refractivity contribution is 6.23. The van der Waals surface area contributed by atoms with E-state index < -0.39 is 18.0 Å². The summed E-state index contributed by atoms with van der Waals surface area (Å²) < 4.78 is 5.21. The van der Waals surface area contributed by atoms with Crippen LogP contribution in [0.3, 0.4) is 0 Å². The molecule has 1 saturated heterocycles. The number of amides is 3. The molecule has 0 radical (unpaired) electrons. The molecule has 0 N–H and O–H groups in total. The van der Waals surface area contributed by atoms with Crippen LogP contribution < -0.4 is 9.64 Å². The van der Waals surface area contributed by atoms with Crippen molar-refractivity contribution < 1.29 is 19.1 Å². The molecule has 2 atom stereocenters. The first-order chi connectivity index (χ1) is 16.8. The Morgan fingerprint density at radius 2 is 1.51 bits per heavy atom. The van der Waals surface area contributed by atoms with Gasteiger partial charge >= 0.3 is 0 Å². The molecule has 6 heteroatoms. The van der Waals surface area contributed by atoms with Gasteiger partial charge in [0.25, 0.3) is 11.8 Å². The van der Waals surface area contributed by atoms with Gasteiger partial charge in [-0.25, -0.2) is 4.90 Å². The van der Waals surface area contributed by atoms with E-state index in [0.29, 0.717) is 22.9 Å². The number of anilines is 1. The monoisotopic (exact) mass is 470 g/mol. The van der Waals surface area contributed by atoms with E-state index in [4.69, 9.17) is 4.74 Å². The minimum absolute atomic E-state index is 0.0656. The molecule has 1 fully saturated rings. The Morgan fingerprint density at radius 1 is 0.886 bits per heavy atom. The fraction of sp³-hybridized carbons (Fsp3) is 0.276. The number of carbonyl (C=O) groups is 3. The molecule has 0 aromatic heterocycles. The Labute approximate surface area is 206 Å².